The molecule has 6 heteroatoms. The lowest BCUT2D eigenvalue weighted by atomic mass is 10.1. The summed E-state index contributed by atoms with van der Waals surface area (Å²) in [5.41, 5.74) is 0. The second kappa shape index (κ2) is 48.0. The Morgan fingerprint density at radius 3 is 1.23 bits per heavy atom. The summed E-state index contributed by atoms with van der Waals surface area (Å²) in [5.74, 6) is -0.980. The fourth-order valence-electron chi connectivity index (χ4n) is 6.25. The lowest BCUT2D eigenvalue weighted by Gasteiger charge is -2.18. The normalized spacial score (nSPS) is 12.9. The zero-order valence-corrected chi connectivity index (χ0v) is 38.7. The van der Waals surface area contributed by atoms with Gasteiger partial charge in [-0.1, -0.05) is 182 Å². The van der Waals surface area contributed by atoms with Crippen LogP contribution in [0.3, 0.4) is 0 Å². The number of hydrogen-bond acceptors (Lipinski definition) is 6. The Morgan fingerprint density at radius 1 is 0.367 bits per heavy atom. The molecule has 0 aromatic carbocycles. The molecule has 0 spiro atoms. The second-order valence-electron chi connectivity index (χ2n) is 15.7. The molecule has 0 radical (unpaired) electrons. The van der Waals surface area contributed by atoms with Gasteiger partial charge in [0.05, 0.1) is 0 Å². The molecule has 1 unspecified atom stereocenters. The van der Waals surface area contributed by atoms with Gasteiger partial charge in [0, 0.05) is 19.3 Å². The summed E-state index contributed by atoms with van der Waals surface area (Å²) in [6.07, 6.45) is 62.5. The fourth-order valence-corrected chi connectivity index (χ4v) is 6.25. The quantitative estimate of drug-likeness (QED) is 0.0200. The Labute approximate surface area is 368 Å². The average Bonchev–Trinajstić information content (AvgIpc) is 3.24. The van der Waals surface area contributed by atoms with E-state index in [4.69, 9.17) is 14.2 Å². The zero-order valence-electron chi connectivity index (χ0n) is 38.7. The summed E-state index contributed by atoms with van der Waals surface area (Å²) in [6, 6.07) is 0. The van der Waals surface area contributed by atoms with E-state index < -0.39 is 6.10 Å². The average molecular weight is 833 g/mol. The van der Waals surface area contributed by atoms with E-state index in [1.54, 1.807) is 0 Å². The highest BCUT2D eigenvalue weighted by Gasteiger charge is 2.19. The van der Waals surface area contributed by atoms with Crippen molar-refractivity contribution in [1.29, 1.82) is 0 Å². The van der Waals surface area contributed by atoms with Crippen LogP contribution in [0, 0.1) is 0 Å². The molecule has 0 aliphatic carbocycles. The molecule has 60 heavy (non-hydrogen) atoms. The summed E-state index contributed by atoms with van der Waals surface area (Å²) in [7, 11) is 0. The summed E-state index contributed by atoms with van der Waals surface area (Å²) < 4.78 is 16.7. The first kappa shape index (κ1) is 56.3. The highest BCUT2D eigenvalue weighted by Crippen LogP contribution is 2.13. The van der Waals surface area contributed by atoms with Gasteiger partial charge in [-0.2, -0.15) is 0 Å². The van der Waals surface area contributed by atoms with Crippen molar-refractivity contribution >= 4 is 17.9 Å². The first-order valence-electron chi connectivity index (χ1n) is 24.3. The Hall–Kier alpha value is -3.67. The van der Waals surface area contributed by atoms with E-state index in [2.05, 4.69) is 112 Å². The van der Waals surface area contributed by atoms with Crippen molar-refractivity contribution in [3.8, 4) is 0 Å². The van der Waals surface area contributed by atoms with Gasteiger partial charge in [-0.15, -0.1) is 0 Å². The second-order valence-corrected chi connectivity index (χ2v) is 15.7. The third-order valence-corrected chi connectivity index (χ3v) is 9.86. The molecule has 0 amide bonds. The van der Waals surface area contributed by atoms with Crippen LogP contribution in [0.4, 0.5) is 0 Å². The SMILES string of the molecule is CC\C=C/C=C\C=C/CCCCCCCC(=O)OC(COC(=O)CCCC/C=C\C/C=C\C/C=C\CC)COC(=O)CCCCCCCCC/C=C\C/C=C\CCCCC. The number of rotatable bonds is 42. The standard InChI is InChI=1S/C54H88O6/c1-4-7-10-13-16-19-22-25-26-27-28-30-32-35-38-41-44-47-53(56)59-50-51(49-58-52(55)46-43-40-37-34-31-24-21-18-15-12-9-6-3)60-54(57)48-45-42-39-36-33-29-23-20-17-14-11-8-5-2/h8-9,11-12,14,16-21,23,25-26,31,34,51H,4-7,10,13,15,22,24,27-30,32-33,35-50H2,1-3H3/b11-8-,12-9-,17-14-,19-16-,21-18-,23-20-,26-25-,34-31-. The molecular formula is C54H88O6. The number of allylic oxidation sites excluding steroid dienone is 16. The molecule has 0 saturated carbocycles. The molecule has 340 valence electrons. The molecule has 0 saturated heterocycles. The molecule has 0 rings (SSSR count). The Morgan fingerprint density at radius 2 is 0.733 bits per heavy atom. The number of carbonyl (C=O) groups is 3. The van der Waals surface area contributed by atoms with Crippen molar-refractivity contribution in [2.24, 2.45) is 0 Å². The predicted octanol–water partition coefficient (Wildman–Crippen LogP) is 15.8. The maximum absolute atomic E-state index is 12.7. The highest BCUT2D eigenvalue weighted by molar-refractivity contribution is 5.71. The molecule has 0 N–H and O–H groups in total. The zero-order chi connectivity index (χ0) is 43.7. The van der Waals surface area contributed by atoms with Gasteiger partial charge in [-0.3, -0.25) is 14.4 Å². The highest BCUT2D eigenvalue weighted by atomic mass is 16.6. The van der Waals surface area contributed by atoms with Gasteiger partial charge in [-0.05, 0) is 103 Å². The van der Waals surface area contributed by atoms with E-state index in [0.29, 0.717) is 19.3 Å². The van der Waals surface area contributed by atoms with Crippen molar-refractivity contribution < 1.29 is 28.6 Å². The van der Waals surface area contributed by atoms with Crippen LogP contribution < -0.4 is 0 Å². The molecule has 6 nitrogen and oxygen atoms in total. The maximum Gasteiger partial charge on any atom is 0.306 e. The Kier molecular flexibility index (Phi) is 45.1. The van der Waals surface area contributed by atoms with Gasteiger partial charge in [0.1, 0.15) is 13.2 Å². The van der Waals surface area contributed by atoms with E-state index in [0.717, 1.165) is 116 Å². The minimum Gasteiger partial charge on any atom is -0.462 e. The predicted molar refractivity (Wildman–Crippen MR) is 256 cm³/mol. The Balaban J connectivity index is 4.46. The molecule has 1 atom stereocenters. The molecule has 0 fully saturated rings. The van der Waals surface area contributed by atoms with Crippen LogP contribution in [0.25, 0.3) is 0 Å². The Bertz CT molecular complexity index is 1230. The van der Waals surface area contributed by atoms with Crippen molar-refractivity contribution in [3.05, 3.63) is 97.2 Å². The van der Waals surface area contributed by atoms with Crippen molar-refractivity contribution in [2.75, 3.05) is 13.2 Å². The molecule has 0 aliphatic heterocycles. The van der Waals surface area contributed by atoms with Crippen molar-refractivity contribution in [2.45, 2.75) is 213 Å². The third kappa shape index (κ3) is 45.4. The van der Waals surface area contributed by atoms with Crippen molar-refractivity contribution in [1.82, 2.24) is 0 Å². The minimum atomic E-state index is -0.806. The number of unbranched alkanes of at least 4 members (excludes halogenated alkanes) is 17. The van der Waals surface area contributed by atoms with Gasteiger partial charge in [0.2, 0.25) is 0 Å². The third-order valence-electron chi connectivity index (χ3n) is 9.86. The molecule has 0 bridgehead atoms. The van der Waals surface area contributed by atoms with Crippen LogP contribution in [0.1, 0.15) is 207 Å². The number of ether oxygens (including phenoxy) is 3. The van der Waals surface area contributed by atoms with Crippen LogP contribution in [0.15, 0.2) is 97.2 Å². The largest absolute Gasteiger partial charge is 0.462 e. The van der Waals surface area contributed by atoms with Crippen LogP contribution >= 0.6 is 0 Å². The van der Waals surface area contributed by atoms with E-state index in [9.17, 15) is 14.4 Å². The maximum atomic E-state index is 12.7. The number of carbonyl (C=O) groups excluding carboxylic acids is 3. The van der Waals surface area contributed by atoms with E-state index in [-0.39, 0.29) is 31.1 Å². The van der Waals surface area contributed by atoms with Gasteiger partial charge < -0.3 is 14.2 Å². The van der Waals surface area contributed by atoms with Gasteiger partial charge in [0.25, 0.3) is 0 Å². The first-order chi connectivity index (χ1) is 29.5. The van der Waals surface area contributed by atoms with Crippen LogP contribution in [0.5, 0.6) is 0 Å². The van der Waals surface area contributed by atoms with Gasteiger partial charge >= 0.3 is 17.9 Å². The minimum absolute atomic E-state index is 0.104. The summed E-state index contributed by atoms with van der Waals surface area (Å²) in [4.78, 5) is 37.8. The lowest BCUT2D eigenvalue weighted by molar-refractivity contribution is -0.167. The molecule has 0 aromatic heterocycles. The van der Waals surface area contributed by atoms with Crippen LogP contribution in [-0.2, 0) is 28.6 Å². The summed E-state index contributed by atoms with van der Waals surface area (Å²) in [6.45, 7) is 6.28. The number of esters is 3. The monoisotopic (exact) mass is 833 g/mol. The van der Waals surface area contributed by atoms with Crippen molar-refractivity contribution in [3.63, 3.8) is 0 Å². The van der Waals surface area contributed by atoms with E-state index >= 15 is 0 Å². The lowest BCUT2D eigenvalue weighted by Crippen LogP contribution is -2.30. The number of hydrogen-bond donors (Lipinski definition) is 0. The fraction of sp³-hybridized carbons (Fsp3) is 0.648. The van der Waals surface area contributed by atoms with E-state index in [1.165, 1.54) is 51.4 Å². The summed E-state index contributed by atoms with van der Waals surface area (Å²) >= 11 is 0. The smallest absolute Gasteiger partial charge is 0.306 e. The molecule has 0 heterocycles. The van der Waals surface area contributed by atoms with Crippen LogP contribution in [-0.4, -0.2) is 37.2 Å². The topological polar surface area (TPSA) is 78.9 Å². The van der Waals surface area contributed by atoms with Gasteiger partial charge in [-0.25, -0.2) is 0 Å². The first-order valence-corrected chi connectivity index (χ1v) is 24.3. The molecule has 0 aliphatic rings. The summed E-state index contributed by atoms with van der Waals surface area (Å²) in [5, 5.41) is 0. The molecular weight excluding hydrogens is 745 g/mol. The van der Waals surface area contributed by atoms with E-state index in [1.807, 2.05) is 6.08 Å². The van der Waals surface area contributed by atoms with Crippen LogP contribution in [0.2, 0.25) is 0 Å². The molecule has 0 aromatic rings. The van der Waals surface area contributed by atoms with Gasteiger partial charge in [0.15, 0.2) is 6.10 Å².